The number of anilines is 1. The topological polar surface area (TPSA) is 112 Å². The van der Waals surface area contributed by atoms with E-state index >= 15 is 0 Å². The molecule has 12 heteroatoms. The number of aromatic nitrogens is 1. The molecule has 3 aromatic rings. The van der Waals surface area contributed by atoms with Gasteiger partial charge in [-0.3, -0.25) is 9.59 Å². The highest BCUT2D eigenvalue weighted by Gasteiger charge is 2.55. The van der Waals surface area contributed by atoms with E-state index < -0.39 is 35.6 Å². The van der Waals surface area contributed by atoms with E-state index in [1.54, 1.807) is 6.20 Å². The largest absolute Gasteiger partial charge is 0.467 e. The van der Waals surface area contributed by atoms with Crippen molar-refractivity contribution >= 4 is 46.0 Å². The van der Waals surface area contributed by atoms with Crippen LogP contribution in [-0.4, -0.2) is 64.8 Å². The van der Waals surface area contributed by atoms with Crippen LogP contribution in [0.25, 0.3) is 10.9 Å². The molecule has 1 aromatic heterocycles. The Kier molecular flexibility index (Phi) is 7.65. The molecule has 192 valence electrons. The summed E-state index contributed by atoms with van der Waals surface area (Å²) in [6, 6.07) is 9.94. The van der Waals surface area contributed by atoms with E-state index in [-0.39, 0.29) is 22.7 Å². The molecular formula is C24H23ClF3N3O5. The SMILES string of the molecule is COC(=O)[C@H](Cc1c[nH]c2ccccc12)N(C)C(=O)c1ccc(NC(=O)[C@@](C)(O)C(F)(F)F)c(Cl)c1. The third-order valence-corrected chi connectivity index (χ3v) is 6.12. The van der Waals surface area contributed by atoms with Gasteiger partial charge in [0.25, 0.3) is 11.8 Å². The molecule has 3 N–H and O–H groups in total. The summed E-state index contributed by atoms with van der Waals surface area (Å²) < 4.78 is 43.6. The predicted octanol–water partition coefficient (Wildman–Crippen LogP) is 3.93. The minimum absolute atomic E-state index is 0.0101. The zero-order valence-electron chi connectivity index (χ0n) is 19.4. The summed E-state index contributed by atoms with van der Waals surface area (Å²) in [5.41, 5.74) is -2.24. The minimum Gasteiger partial charge on any atom is -0.467 e. The molecule has 0 saturated heterocycles. The maximum Gasteiger partial charge on any atom is 0.426 e. The molecule has 0 aliphatic carbocycles. The number of halogens is 4. The quantitative estimate of drug-likeness (QED) is 0.405. The van der Waals surface area contributed by atoms with Crippen LogP contribution in [0.3, 0.4) is 0 Å². The molecule has 8 nitrogen and oxygen atoms in total. The van der Waals surface area contributed by atoms with Gasteiger partial charge in [-0.1, -0.05) is 29.8 Å². The number of hydrogen-bond donors (Lipinski definition) is 3. The van der Waals surface area contributed by atoms with Crippen molar-refractivity contribution in [3.8, 4) is 0 Å². The number of benzene rings is 2. The maximum atomic E-state index is 13.2. The van der Waals surface area contributed by atoms with Crippen LogP contribution in [0.5, 0.6) is 0 Å². The summed E-state index contributed by atoms with van der Waals surface area (Å²) in [6.45, 7) is 0.309. The van der Waals surface area contributed by atoms with Crippen LogP contribution >= 0.6 is 11.6 Å². The van der Waals surface area contributed by atoms with E-state index in [1.807, 2.05) is 29.6 Å². The van der Waals surface area contributed by atoms with Crippen molar-refractivity contribution < 1.29 is 37.4 Å². The van der Waals surface area contributed by atoms with E-state index in [9.17, 15) is 32.7 Å². The van der Waals surface area contributed by atoms with Gasteiger partial charge in [0.2, 0.25) is 5.60 Å². The molecule has 0 aliphatic heterocycles. The van der Waals surface area contributed by atoms with Crippen molar-refractivity contribution in [1.29, 1.82) is 0 Å². The summed E-state index contributed by atoms with van der Waals surface area (Å²) in [6.07, 6.45) is -3.33. The lowest BCUT2D eigenvalue weighted by Crippen LogP contribution is -2.52. The smallest absolute Gasteiger partial charge is 0.426 e. The third kappa shape index (κ3) is 5.31. The van der Waals surface area contributed by atoms with Gasteiger partial charge in [-0.15, -0.1) is 0 Å². The fourth-order valence-electron chi connectivity index (χ4n) is 3.49. The zero-order valence-corrected chi connectivity index (χ0v) is 20.2. The lowest BCUT2D eigenvalue weighted by Gasteiger charge is -2.27. The highest BCUT2D eigenvalue weighted by Crippen LogP contribution is 2.32. The molecule has 0 spiro atoms. The van der Waals surface area contributed by atoms with Crippen LogP contribution in [-0.2, 0) is 20.7 Å². The van der Waals surface area contributed by atoms with E-state index in [1.165, 1.54) is 25.1 Å². The van der Waals surface area contributed by atoms with Crippen molar-refractivity contribution in [2.45, 2.75) is 31.2 Å². The monoisotopic (exact) mass is 525 g/mol. The third-order valence-electron chi connectivity index (χ3n) is 5.81. The van der Waals surface area contributed by atoms with Crippen molar-refractivity contribution in [2.75, 3.05) is 19.5 Å². The molecule has 1 heterocycles. The number of para-hydroxylation sites is 1. The van der Waals surface area contributed by atoms with Gasteiger partial charge in [-0.2, -0.15) is 13.2 Å². The Balaban J connectivity index is 1.82. The van der Waals surface area contributed by atoms with Gasteiger partial charge in [0.1, 0.15) is 6.04 Å². The molecule has 2 atom stereocenters. The number of fused-ring (bicyclic) bond motifs is 1. The number of likely N-dealkylation sites (N-methyl/N-ethyl adjacent to an activating group) is 1. The zero-order chi connectivity index (χ0) is 26.8. The Morgan fingerprint density at radius 3 is 2.47 bits per heavy atom. The second kappa shape index (κ2) is 10.2. The Morgan fingerprint density at radius 2 is 1.86 bits per heavy atom. The first-order valence-corrected chi connectivity index (χ1v) is 11.0. The number of alkyl halides is 3. The summed E-state index contributed by atoms with van der Waals surface area (Å²) in [5.74, 6) is -3.01. The first-order valence-electron chi connectivity index (χ1n) is 10.6. The number of carbonyl (C=O) groups excluding carboxylic acids is 3. The summed E-state index contributed by atoms with van der Waals surface area (Å²) >= 11 is 6.09. The van der Waals surface area contributed by atoms with Crippen molar-refractivity contribution in [1.82, 2.24) is 9.88 Å². The molecule has 0 radical (unpaired) electrons. The first kappa shape index (κ1) is 27.0. The first-order chi connectivity index (χ1) is 16.8. The van der Waals surface area contributed by atoms with Gasteiger partial charge < -0.3 is 25.0 Å². The Morgan fingerprint density at radius 1 is 1.19 bits per heavy atom. The maximum absolute atomic E-state index is 13.2. The molecule has 3 rings (SSSR count). The number of amides is 2. The van der Waals surface area contributed by atoms with Gasteiger partial charge in [0.05, 0.1) is 17.8 Å². The number of rotatable bonds is 7. The minimum atomic E-state index is -5.21. The highest BCUT2D eigenvalue weighted by molar-refractivity contribution is 6.34. The number of hydrogen-bond acceptors (Lipinski definition) is 5. The van der Waals surface area contributed by atoms with Crippen molar-refractivity contribution in [3.05, 3.63) is 64.8 Å². The van der Waals surface area contributed by atoms with Gasteiger partial charge in [-0.25, -0.2) is 4.79 Å². The summed E-state index contributed by atoms with van der Waals surface area (Å²) in [4.78, 5) is 41.9. The van der Waals surface area contributed by atoms with Crippen LogP contribution in [0.1, 0.15) is 22.8 Å². The van der Waals surface area contributed by atoms with Gasteiger partial charge in [-0.05, 0) is 36.8 Å². The Labute approximate surface area is 209 Å². The molecule has 2 amide bonds. The second-order valence-electron chi connectivity index (χ2n) is 8.24. The summed E-state index contributed by atoms with van der Waals surface area (Å²) in [7, 11) is 2.61. The van der Waals surface area contributed by atoms with Crippen LogP contribution in [0.2, 0.25) is 5.02 Å². The second-order valence-corrected chi connectivity index (χ2v) is 8.64. The number of methoxy groups -OCH3 is 1. The average Bonchev–Trinajstić information content (AvgIpc) is 3.24. The van der Waals surface area contributed by atoms with Crippen LogP contribution in [0, 0.1) is 0 Å². The number of nitrogens with zero attached hydrogens (tertiary/aromatic N) is 1. The molecule has 0 unspecified atom stereocenters. The number of nitrogens with one attached hydrogen (secondary N) is 2. The predicted molar refractivity (Wildman–Crippen MR) is 127 cm³/mol. The fourth-order valence-corrected chi connectivity index (χ4v) is 3.72. The molecule has 36 heavy (non-hydrogen) atoms. The van der Waals surface area contributed by atoms with Crippen molar-refractivity contribution in [3.63, 3.8) is 0 Å². The Hall–Kier alpha value is -3.57. The fraction of sp³-hybridized carbons (Fsp3) is 0.292. The van der Waals surface area contributed by atoms with Crippen LogP contribution < -0.4 is 5.32 Å². The highest BCUT2D eigenvalue weighted by atomic mass is 35.5. The van der Waals surface area contributed by atoms with E-state index in [0.29, 0.717) is 6.92 Å². The van der Waals surface area contributed by atoms with Crippen LogP contribution in [0.15, 0.2) is 48.7 Å². The molecule has 0 bridgehead atoms. The Bertz CT molecular complexity index is 1310. The lowest BCUT2D eigenvalue weighted by molar-refractivity contribution is -0.242. The molecule has 0 fully saturated rings. The average molecular weight is 526 g/mol. The van der Waals surface area contributed by atoms with Gasteiger partial charge in [0.15, 0.2) is 0 Å². The number of esters is 1. The standard InChI is InChI=1S/C24H23ClF3N3O5/c1-23(35,24(26,27)28)22(34)30-18-9-8-13(10-16(18)25)20(32)31(2)19(21(33)36-3)11-14-12-29-17-7-5-4-6-15(14)17/h4-10,12,19,29,35H,11H2,1-3H3,(H,30,34)/t19-,23+/m0/s1. The van der Waals surface area contributed by atoms with E-state index in [4.69, 9.17) is 16.3 Å². The van der Waals surface area contributed by atoms with E-state index in [0.717, 1.165) is 28.6 Å². The molecule has 0 saturated carbocycles. The van der Waals surface area contributed by atoms with Gasteiger partial charge >= 0.3 is 12.1 Å². The summed E-state index contributed by atoms with van der Waals surface area (Å²) in [5, 5.41) is 12.1. The van der Waals surface area contributed by atoms with Crippen LogP contribution in [0.4, 0.5) is 18.9 Å². The molecular weight excluding hydrogens is 503 g/mol. The number of carbonyl (C=O) groups is 3. The number of ether oxygens (including phenoxy) is 1. The van der Waals surface area contributed by atoms with E-state index in [2.05, 4.69) is 4.98 Å². The molecule has 2 aromatic carbocycles. The molecule has 0 aliphatic rings. The number of H-pyrrole nitrogens is 1. The normalized spacial score (nSPS) is 14.1. The number of aromatic amines is 1. The number of aliphatic hydroxyl groups is 1. The van der Waals surface area contributed by atoms with Crippen molar-refractivity contribution in [2.24, 2.45) is 0 Å². The van der Waals surface area contributed by atoms with Gasteiger partial charge in [0, 0.05) is 36.1 Å². The lowest BCUT2D eigenvalue weighted by atomic mass is 10.0.